The van der Waals surface area contributed by atoms with Crippen LogP contribution in [0.15, 0.2) is 77.4 Å². The lowest BCUT2D eigenvalue weighted by Crippen LogP contribution is -2.39. The van der Waals surface area contributed by atoms with E-state index in [1.54, 1.807) is 24.3 Å². The molecule has 0 spiro atoms. The predicted molar refractivity (Wildman–Crippen MR) is 195 cm³/mol. The van der Waals surface area contributed by atoms with Gasteiger partial charge in [0.1, 0.15) is 47.5 Å². The number of carboxylic acids is 1. The molecule has 1 atom stereocenters. The molecule has 0 radical (unpaired) electrons. The molecular weight excluding hydrogens is 715 g/mol. The van der Waals surface area contributed by atoms with Gasteiger partial charge in [-0.15, -0.1) is 0 Å². The van der Waals surface area contributed by atoms with Gasteiger partial charge in [-0.2, -0.15) is 0 Å². The average Bonchev–Trinajstić information content (AvgIpc) is 3.61. The first-order chi connectivity index (χ1) is 25.3. The van der Waals surface area contributed by atoms with Gasteiger partial charge in [-0.05, 0) is 58.2 Å². The monoisotopic (exact) mass is 754 g/mol. The van der Waals surface area contributed by atoms with Crippen LogP contribution in [0.3, 0.4) is 0 Å². The van der Waals surface area contributed by atoms with Crippen LogP contribution in [0.2, 0.25) is 10.0 Å². The average molecular weight is 756 g/mol. The second-order valence-electron chi connectivity index (χ2n) is 11.8. The fraction of sp³-hybridized carbons (Fsp3) is 0.324. The Morgan fingerprint density at radius 1 is 0.827 bits per heavy atom. The van der Waals surface area contributed by atoms with E-state index in [9.17, 15) is 25.2 Å². The van der Waals surface area contributed by atoms with Crippen molar-refractivity contribution in [2.75, 3.05) is 46.1 Å². The summed E-state index contributed by atoms with van der Waals surface area (Å²) in [6.45, 7) is 1.89. The number of carbonyl (C=O) groups is 1. The molecule has 0 bridgehead atoms. The fourth-order valence-electron chi connectivity index (χ4n) is 5.42. The Balaban J connectivity index is 1.29. The molecule has 1 aromatic heterocycles. The van der Waals surface area contributed by atoms with Crippen molar-refractivity contribution < 1.29 is 44.1 Å². The van der Waals surface area contributed by atoms with Crippen LogP contribution in [0, 0.1) is 0 Å². The lowest BCUT2D eigenvalue weighted by Gasteiger charge is -2.20. The van der Waals surface area contributed by atoms with Crippen molar-refractivity contribution in [3.8, 4) is 28.4 Å². The zero-order chi connectivity index (χ0) is 36.9. The zero-order valence-electron chi connectivity index (χ0n) is 28.2. The van der Waals surface area contributed by atoms with E-state index in [1.807, 2.05) is 53.4 Å². The Hall–Kier alpha value is -4.47. The second kappa shape index (κ2) is 19.4. The van der Waals surface area contributed by atoms with Gasteiger partial charge in [0, 0.05) is 48.9 Å². The highest BCUT2D eigenvalue weighted by atomic mass is 35.5. The first-order valence-electron chi connectivity index (χ1n) is 16.6. The maximum atomic E-state index is 11.5. The summed E-state index contributed by atoms with van der Waals surface area (Å²) in [5, 5.41) is 48.6. The van der Waals surface area contributed by atoms with Crippen LogP contribution in [-0.2, 0) is 24.6 Å². The maximum absolute atomic E-state index is 11.5. The number of aromatic nitrogens is 2. The Kier molecular flexibility index (Phi) is 14.5. The molecule has 4 aromatic carbocycles. The number of fused-ring (bicyclic) bond motifs is 1. The van der Waals surface area contributed by atoms with Gasteiger partial charge in [-0.1, -0.05) is 59.6 Å². The van der Waals surface area contributed by atoms with E-state index in [0.29, 0.717) is 70.7 Å². The summed E-state index contributed by atoms with van der Waals surface area (Å²) in [7, 11) is 0. The van der Waals surface area contributed by atoms with E-state index in [1.165, 1.54) is 0 Å². The van der Waals surface area contributed by atoms with E-state index in [-0.39, 0.29) is 38.0 Å². The Morgan fingerprint density at radius 3 is 2.37 bits per heavy atom. The molecule has 5 rings (SSSR count). The van der Waals surface area contributed by atoms with E-state index < -0.39 is 18.6 Å². The summed E-state index contributed by atoms with van der Waals surface area (Å²) in [6.07, 6.45) is 0.729. The lowest BCUT2D eigenvalue weighted by molar-refractivity contribution is -0.140. The Bertz CT molecular complexity index is 1920. The van der Waals surface area contributed by atoms with Gasteiger partial charge < -0.3 is 34.6 Å². The van der Waals surface area contributed by atoms with Crippen molar-refractivity contribution in [1.82, 2.24) is 20.5 Å². The highest BCUT2D eigenvalue weighted by molar-refractivity contribution is 6.34. The summed E-state index contributed by atoms with van der Waals surface area (Å²) in [5.74, 6) is 0.201. The molecule has 15 heteroatoms. The number of aliphatic hydroxyl groups is 3. The minimum Gasteiger partial charge on any atom is -0.494 e. The normalized spacial score (nSPS) is 12.0. The number of hydrogen-bond donors (Lipinski definition) is 5. The van der Waals surface area contributed by atoms with Gasteiger partial charge in [-0.3, -0.25) is 15.0 Å². The van der Waals surface area contributed by atoms with Crippen molar-refractivity contribution in [2.24, 2.45) is 0 Å². The largest absolute Gasteiger partial charge is 0.494 e. The number of rotatable bonds is 21. The summed E-state index contributed by atoms with van der Waals surface area (Å²) < 4.78 is 23.1. The summed E-state index contributed by atoms with van der Waals surface area (Å²) >= 11 is 13.6. The smallest absolute Gasteiger partial charge is 0.323 e. The van der Waals surface area contributed by atoms with Crippen LogP contribution in [-0.4, -0.2) is 93.7 Å². The lowest BCUT2D eigenvalue weighted by atomic mass is 10.0. The third-order valence-electron chi connectivity index (χ3n) is 8.17. The first-order valence-corrected chi connectivity index (χ1v) is 17.4. The van der Waals surface area contributed by atoms with Gasteiger partial charge in [0.25, 0.3) is 0 Å². The van der Waals surface area contributed by atoms with Gasteiger partial charge in [0.2, 0.25) is 0 Å². The van der Waals surface area contributed by atoms with Crippen LogP contribution in [0.1, 0.15) is 23.1 Å². The van der Waals surface area contributed by atoms with Crippen LogP contribution >= 0.6 is 23.2 Å². The zero-order valence-corrected chi connectivity index (χ0v) is 29.7. The van der Waals surface area contributed by atoms with Crippen LogP contribution < -0.4 is 19.5 Å². The van der Waals surface area contributed by atoms with Crippen molar-refractivity contribution in [3.05, 3.63) is 99.5 Å². The summed E-state index contributed by atoms with van der Waals surface area (Å²) in [5.41, 5.74) is 4.89. The van der Waals surface area contributed by atoms with Gasteiger partial charge >= 0.3 is 5.97 Å². The van der Waals surface area contributed by atoms with Crippen LogP contribution in [0.25, 0.3) is 22.2 Å². The van der Waals surface area contributed by atoms with Crippen molar-refractivity contribution in [1.29, 1.82) is 0 Å². The molecule has 1 heterocycles. The maximum Gasteiger partial charge on any atom is 0.323 e. The Labute approximate surface area is 310 Å². The third-order valence-corrected chi connectivity index (χ3v) is 8.92. The molecule has 0 saturated heterocycles. The number of carboxylic acid groups (broad SMARTS) is 1. The predicted octanol–water partition coefficient (Wildman–Crippen LogP) is 4.95. The molecule has 0 aliphatic rings. The second-order valence-corrected chi connectivity index (χ2v) is 12.6. The third kappa shape index (κ3) is 10.5. The van der Waals surface area contributed by atoms with E-state index in [2.05, 4.69) is 15.6 Å². The molecule has 0 fully saturated rings. The molecule has 5 N–H and O–H groups in total. The standard InChI is InChI=1S/C37H40Cl2N4O9/c38-30-18-27(20-40-33(21-46)37(47)48)34(50-22-24-8-9-31-32(16-24)42-52-41-31)19-35(30)51-23-26-5-2-7-29(36(26)39)25-4-1-6-28(17-25)49-15-3-10-43(11-13-44)12-14-45/h1-2,4-9,16-19,33,40,44-46H,3,10-15,20-23H2,(H,47,48). The number of nitrogens with one attached hydrogen (secondary N) is 1. The summed E-state index contributed by atoms with van der Waals surface area (Å²) in [6, 6.07) is 20.7. The summed E-state index contributed by atoms with van der Waals surface area (Å²) in [4.78, 5) is 13.5. The van der Waals surface area contributed by atoms with Gasteiger partial charge in [-0.25, -0.2) is 4.63 Å². The molecule has 0 aliphatic heterocycles. The van der Waals surface area contributed by atoms with Crippen LogP contribution in [0.4, 0.5) is 0 Å². The first kappa shape index (κ1) is 38.8. The number of hydrogen-bond acceptors (Lipinski definition) is 12. The number of halogens is 2. The minimum atomic E-state index is -1.19. The van der Waals surface area contributed by atoms with Crippen LogP contribution in [0.5, 0.6) is 17.2 Å². The molecule has 0 saturated carbocycles. The van der Waals surface area contributed by atoms with Gasteiger partial charge in [0.15, 0.2) is 0 Å². The minimum absolute atomic E-state index is 0.0324. The van der Waals surface area contributed by atoms with Crippen molar-refractivity contribution in [2.45, 2.75) is 32.2 Å². The number of aliphatic hydroxyl groups excluding tert-OH is 3. The Morgan fingerprint density at radius 2 is 1.60 bits per heavy atom. The molecule has 0 amide bonds. The fourth-order valence-corrected chi connectivity index (χ4v) is 5.95. The quantitative estimate of drug-likeness (QED) is 0.0637. The van der Waals surface area contributed by atoms with E-state index >= 15 is 0 Å². The molecule has 1 unspecified atom stereocenters. The molecule has 0 aliphatic carbocycles. The number of ether oxygens (including phenoxy) is 3. The van der Waals surface area contributed by atoms with E-state index in [4.69, 9.17) is 42.0 Å². The molecule has 13 nitrogen and oxygen atoms in total. The highest BCUT2D eigenvalue weighted by Gasteiger charge is 2.19. The molecule has 276 valence electrons. The van der Waals surface area contributed by atoms with E-state index in [0.717, 1.165) is 23.1 Å². The topological polar surface area (TPSA) is 180 Å². The van der Waals surface area contributed by atoms with Crippen molar-refractivity contribution >= 4 is 40.2 Å². The molecule has 5 aromatic rings. The molecule has 52 heavy (non-hydrogen) atoms. The highest BCUT2D eigenvalue weighted by Crippen LogP contribution is 2.36. The number of aliphatic carboxylic acids is 1. The molecular formula is C37H40Cl2N4O9. The number of nitrogens with zero attached hydrogens (tertiary/aromatic N) is 3. The van der Waals surface area contributed by atoms with Gasteiger partial charge in [0.05, 0.1) is 36.5 Å². The number of benzene rings is 4. The van der Waals surface area contributed by atoms with Crippen molar-refractivity contribution in [3.63, 3.8) is 0 Å². The SMILES string of the molecule is O=C(O)C(CO)NCc1cc(Cl)c(OCc2cccc(-c3cccc(OCCCN(CCO)CCO)c3)c2Cl)cc1OCc1ccc2nonc2c1.